The molecule has 2 bridgehead atoms. The van der Waals surface area contributed by atoms with Crippen LogP contribution in [0.25, 0.3) is 5.57 Å². The lowest BCUT2D eigenvalue weighted by Crippen LogP contribution is -2.22. The lowest BCUT2D eigenvalue weighted by Gasteiger charge is -2.20. The molecule has 84 valence electrons. The fourth-order valence-electron chi connectivity index (χ4n) is 2.65. The molecule has 2 unspecified atom stereocenters. The van der Waals surface area contributed by atoms with Gasteiger partial charge in [0.15, 0.2) is 0 Å². The minimum absolute atomic E-state index is 0.536. The first kappa shape index (κ1) is 9.85. The second-order valence-corrected chi connectivity index (χ2v) is 4.55. The number of rotatable bonds is 2. The molecular weight excluding hydrogens is 200 g/mol. The number of hydrogen-bond acceptors (Lipinski definition) is 3. The predicted octanol–water partition coefficient (Wildman–Crippen LogP) is 1.86. The number of nitrogens with one attached hydrogen (secondary N) is 1. The zero-order chi connectivity index (χ0) is 11.0. The molecule has 1 fully saturated rings. The Bertz CT molecular complexity index is 410. The number of pyridine rings is 1. The Hall–Kier alpha value is -1.35. The monoisotopic (exact) mass is 216 g/mol. The van der Waals surface area contributed by atoms with E-state index in [9.17, 15) is 0 Å². The highest BCUT2D eigenvalue weighted by Crippen LogP contribution is 2.34. The van der Waals surface area contributed by atoms with Gasteiger partial charge in [-0.1, -0.05) is 6.08 Å². The van der Waals surface area contributed by atoms with E-state index in [0.29, 0.717) is 11.9 Å². The molecule has 3 nitrogen and oxygen atoms in total. The second kappa shape index (κ2) is 3.91. The maximum atomic E-state index is 5.07. The number of ether oxygens (including phenoxy) is 1. The Balaban J connectivity index is 1.88. The van der Waals surface area contributed by atoms with Gasteiger partial charge < -0.3 is 10.1 Å². The van der Waals surface area contributed by atoms with Crippen molar-refractivity contribution in [3.05, 3.63) is 30.0 Å². The summed E-state index contributed by atoms with van der Waals surface area (Å²) in [5.74, 6) is 1.53. The average Bonchev–Trinajstić information content (AvgIpc) is 2.72. The number of nitrogens with zero attached hydrogens (tertiary/aromatic N) is 1. The molecule has 3 heteroatoms. The largest absolute Gasteiger partial charge is 0.481 e. The van der Waals surface area contributed by atoms with Crippen LogP contribution in [0.4, 0.5) is 0 Å². The average molecular weight is 216 g/mol. The summed E-state index contributed by atoms with van der Waals surface area (Å²) in [4.78, 5) is 4.26. The molecule has 3 rings (SSSR count). The second-order valence-electron chi connectivity index (χ2n) is 4.55. The summed E-state index contributed by atoms with van der Waals surface area (Å²) < 4.78 is 5.07. The van der Waals surface area contributed by atoms with Crippen molar-refractivity contribution in [1.29, 1.82) is 0 Å². The molecule has 0 saturated carbocycles. The van der Waals surface area contributed by atoms with E-state index in [2.05, 4.69) is 22.4 Å². The standard InChI is InChI=1S/C13H16N2O/c1-16-13-5-3-10(8-15-13)11-4-2-9-6-12(11)14-7-9/h3-5,8-9,12,14H,2,6-7H2,1H3. The molecule has 1 N–H and O–H groups in total. The molecule has 2 aliphatic rings. The third kappa shape index (κ3) is 1.61. The van der Waals surface area contributed by atoms with Gasteiger partial charge in [0.25, 0.3) is 0 Å². The first-order valence-corrected chi connectivity index (χ1v) is 5.80. The minimum atomic E-state index is 0.536. The van der Waals surface area contributed by atoms with Crippen molar-refractivity contribution < 1.29 is 4.74 Å². The normalized spacial score (nSPS) is 27.7. The quantitative estimate of drug-likeness (QED) is 0.819. The Morgan fingerprint density at radius 3 is 3.12 bits per heavy atom. The Morgan fingerprint density at radius 1 is 1.44 bits per heavy atom. The van der Waals surface area contributed by atoms with Gasteiger partial charge >= 0.3 is 0 Å². The van der Waals surface area contributed by atoms with Crippen LogP contribution < -0.4 is 10.1 Å². The zero-order valence-corrected chi connectivity index (χ0v) is 9.44. The first-order chi connectivity index (χ1) is 7.86. The van der Waals surface area contributed by atoms with Gasteiger partial charge in [-0.05, 0) is 42.5 Å². The Labute approximate surface area is 95.5 Å². The molecule has 0 spiro atoms. The van der Waals surface area contributed by atoms with Crippen LogP contribution in [0.3, 0.4) is 0 Å². The summed E-state index contributed by atoms with van der Waals surface area (Å²) in [5, 5.41) is 3.57. The van der Waals surface area contributed by atoms with E-state index in [1.54, 1.807) is 7.11 Å². The van der Waals surface area contributed by atoms with Crippen molar-refractivity contribution in [2.45, 2.75) is 18.9 Å². The number of fused-ring (bicyclic) bond motifs is 2. The van der Waals surface area contributed by atoms with Crippen LogP contribution in [0.5, 0.6) is 5.88 Å². The van der Waals surface area contributed by atoms with Gasteiger partial charge in [-0.2, -0.15) is 0 Å². The third-order valence-corrected chi connectivity index (χ3v) is 3.55. The maximum absolute atomic E-state index is 5.07. The van der Waals surface area contributed by atoms with E-state index in [1.165, 1.54) is 24.0 Å². The molecule has 1 aromatic rings. The van der Waals surface area contributed by atoms with E-state index in [0.717, 1.165) is 12.5 Å². The maximum Gasteiger partial charge on any atom is 0.212 e. The molecule has 0 aromatic carbocycles. The molecule has 1 aromatic heterocycles. The van der Waals surface area contributed by atoms with Crippen molar-refractivity contribution in [1.82, 2.24) is 10.3 Å². The van der Waals surface area contributed by atoms with Crippen LogP contribution in [0.1, 0.15) is 18.4 Å². The van der Waals surface area contributed by atoms with Crippen molar-refractivity contribution in [2.24, 2.45) is 5.92 Å². The SMILES string of the molecule is COc1ccc(C2=CCC3CNC2C3)cn1. The predicted molar refractivity (Wildman–Crippen MR) is 63.3 cm³/mol. The molecule has 0 amide bonds. The van der Waals surface area contributed by atoms with E-state index in [4.69, 9.17) is 4.74 Å². The van der Waals surface area contributed by atoms with Crippen molar-refractivity contribution in [3.8, 4) is 5.88 Å². The highest BCUT2D eigenvalue weighted by molar-refractivity contribution is 5.70. The summed E-state index contributed by atoms with van der Waals surface area (Å²) in [7, 11) is 1.64. The molecule has 2 atom stereocenters. The summed E-state index contributed by atoms with van der Waals surface area (Å²) >= 11 is 0. The summed E-state index contributed by atoms with van der Waals surface area (Å²) in [6.07, 6.45) is 6.75. The van der Waals surface area contributed by atoms with E-state index >= 15 is 0 Å². The molecule has 2 heterocycles. The van der Waals surface area contributed by atoms with Crippen molar-refractivity contribution in [2.75, 3.05) is 13.7 Å². The van der Waals surface area contributed by atoms with Gasteiger partial charge in [0.2, 0.25) is 5.88 Å². The van der Waals surface area contributed by atoms with E-state index in [-0.39, 0.29) is 0 Å². The number of aromatic nitrogens is 1. The van der Waals surface area contributed by atoms with Crippen molar-refractivity contribution in [3.63, 3.8) is 0 Å². The minimum Gasteiger partial charge on any atom is -0.481 e. The van der Waals surface area contributed by atoms with E-state index < -0.39 is 0 Å². The summed E-state index contributed by atoms with van der Waals surface area (Å²) in [5.41, 5.74) is 2.63. The van der Waals surface area contributed by atoms with Crippen LogP contribution in [0.2, 0.25) is 0 Å². The van der Waals surface area contributed by atoms with Gasteiger partial charge in [0.05, 0.1) is 7.11 Å². The molecule has 1 aliphatic carbocycles. The lowest BCUT2D eigenvalue weighted by molar-refractivity contribution is 0.398. The highest BCUT2D eigenvalue weighted by atomic mass is 16.5. The number of hydrogen-bond donors (Lipinski definition) is 1. The van der Waals surface area contributed by atoms with Crippen LogP contribution >= 0.6 is 0 Å². The third-order valence-electron chi connectivity index (χ3n) is 3.55. The summed E-state index contributed by atoms with van der Waals surface area (Å²) in [6.45, 7) is 1.16. The Morgan fingerprint density at radius 2 is 2.38 bits per heavy atom. The fourth-order valence-corrected chi connectivity index (χ4v) is 2.65. The molecule has 1 saturated heterocycles. The highest BCUT2D eigenvalue weighted by Gasteiger charge is 2.30. The molecule has 16 heavy (non-hydrogen) atoms. The van der Waals surface area contributed by atoms with Gasteiger partial charge in [-0.15, -0.1) is 0 Å². The molecular formula is C13H16N2O. The van der Waals surface area contributed by atoms with Gasteiger partial charge in [0.1, 0.15) is 0 Å². The smallest absolute Gasteiger partial charge is 0.212 e. The van der Waals surface area contributed by atoms with Crippen LogP contribution in [-0.2, 0) is 0 Å². The summed E-state index contributed by atoms with van der Waals surface area (Å²) in [6, 6.07) is 4.56. The topological polar surface area (TPSA) is 34.1 Å². The van der Waals surface area contributed by atoms with Crippen LogP contribution in [0.15, 0.2) is 24.4 Å². The van der Waals surface area contributed by atoms with Gasteiger partial charge in [-0.25, -0.2) is 4.98 Å². The number of methoxy groups -OCH3 is 1. The fraction of sp³-hybridized carbons (Fsp3) is 0.462. The van der Waals surface area contributed by atoms with Gasteiger partial charge in [0, 0.05) is 18.3 Å². The van der Waals surface area contributed by atoms with Crippen LogP contribution in [0, 0.1) is 5.92 Å². The molecule has 0 radical (unpaired) electrons. The van der Waals surface area contributed by atoms with Gasteiger partial charge in [-0.3, -0.25) is 0 Å². The van der Waals surface area contributed by atoms with Crippen LogP contribution in [-0.4, -0.2) is 24.7 Å². The zero-order valence-electron chi connectivity index (χ0n) is 9.44. The molecule has 1 aliphatic heterocycles. The van der Waals surface area contributed by atoms with E-state index in [1.807, 2.05) is 12.3 Å². The lowest BCUT2D eigenvalue weighted by atomic mass is 9.87. The number of allylic oxidation sites excluding steroid dienone is 1. The van der Waals surface area contributed by atoms with Crippen molar-refractivity contribution >= 4 is 5.57 Å². The first-order valence-electron chi connectivity index (χ1n) is 5.80. The Kier molecular flexibility index (Phi) is 2.40.